The monoisotopic (exact) mass is 391 g/mol. The Balaban J connectivity index is 1.50. The first-order valence-corrected chi connectivity index (χ1v) is 10.8. The highest BCUT2D eigenvalue weighted by Gasteiger charge is 2.33. The number of quaternary nitrogens is 1. The van der Waals surface area contributed by atoms with E-state index in [1.807, 2.05) is 23.5 Å². The van der Waals surface area contributed by atoms with Crippen LogP contribution in [0.25, 0.3) is 21.2 Å². The van der Waals surface area contributed by atoms with Crippen LogP contribution < -0.4 is 10.5 Å². The van der Waals surface area contributed by atoms with Gasteiger partial charge in [-0.25, -0.2) is 9.78 Å². The molecule has 0 bridgehead atoms. The molecule has 2 atom stereocenters. The van der Waals surface area contributed by atoms with E-state index in [0.717, 1.165) is 42.4 Å². The van der Waals surface area contributed by atoms with Crippen molar-refractivity contribution >= 4 is 32.5 Å². The molecule has 2 aromatic heterocycles. The van der Waals surface area contributed by atoms with Gasteiger partial charge in [-0.1, -0.05) is 31.2 Å². The minimum atomic E-state index is -0.258. The number of hydrogen-bond acceptors (Lipinski definition) is 4. The van der Waals surface area contributed by atoms with E-state index < -0.39 is 0 Å². The second kappa shape index (κ2) is 7.15. The molecule has 1 aliphatic rings. The lowest BCUT2D eigenvalue weighted by Gasteiger charge is -2.20. The molecular formula is C23H23N2O2S+. The molecule has 0 aliphatic carbocycles. The number of aromatic nitrogens is 1. The fourth-order valence-electron chi connectivity index (χ4n) is 4.35. The molecule has 0 radical (unpaired) electrons. The summed E-state index contributed by atoms with van der Waals surface area (Å²) in [7, 11) is 0. The molecule has 1 fully saturated rings. The van der Waals surface area contributed by atoms with Crippen LogP contribution in [0.3, 0.4) is 0 Å². The maximum absolute atomic E-state index is 12.2. The average molecular weight is 392 g/mol. The SMILES string of the molecule is CCc1ccc2c(C[NH+]3CCC[C@H]3c3nc4ccccc4s3)cc(=O)oc2c1. The average Bonchev–Trinajstić information content (AvgIpc) is 3.33. The molecule has 3 heterocycles. The molecule has 4 nitrogen and oxygen atoms in total. The third kappa shape index (κ3) is 3.15. The lowest BCUT2D eigenvalue weighted by Crippen LogP contribution is -3.08. The Bertz CT molecular complexity index is 1180. The molecule has 0 saturated carbocycles. The molecule has 0 spiro atoms. The number of likely N-dealkylation sites (tertiary alicyclic amines) is 1. The summed E-state index contributed by atoms with van der Waals surface area (Å²) in [6.07, 6.45) is 3.27. The van der Waals surface area contributed by atoms with Crippen LogP contribution in [0.2, 0.25) is 0 Å². The highest BCUT2D eigenvalue weighted by molar-refractivity contribution is 7.18. The van der Waals surface area contributed by atoms with Crippen molar-refractivity contribution in [2.45, 2.75) is 38.8 Å². The molecule has 2 aromatic carbocycles. The molecule has 5 heteroatoms. The molecule has 5 rings (SSSR count). The van der Waals surface area contributed by atoms with Crippen LogP contribution in [0.4, 0.5) is 0 Å². The van der Waals surface area contributed by atoms with Crippen molar-refractivity contribution in [3.8, 4) is 0 Å². The molecule has 1 saturated heterocycles. The van der Waals surface area contributed by atoms with Crippen molar-refractivity contribution in [1.82, 2.24) is 4.98 Å². The first-order valence-electron chi connectivity index (χ1n) is 9.97. The molecule has 28 heavy (non-hydrogen) atoms. The number of aryl methyl sites for hydroxylation is 1. The van der Waals surface area contributed by atoms with Gasteiger partial charge in [0.1, 0.15) is 18.2 Å². The molecule has 1 aliphatic heterocycles. The Morgan fingerprint density at radius 2 is 2.11 bits per heavy atom. The predicted octanol–water partition coefficient (Wildman–Crippen LogP) is 3.89. The van der Waals surface area contributed by atoms with Gasteiger partial charge in [-0.05, 0) is 30.2 Å². The van der Waals surface area contributed by atoms with Crippen LogP contribution in [0.1, 0.15) is 41.9 Å². The molecule has 0 amide bonds. The molecule has 142 valence electrons. The van der Waals surface area contributed by atoms with Crippen molar-refractivity contribution in [1.29, 1.82) is 0 Å². The van der Waals surface area contributed by atoms with Crippen molar-refractivity contribution in [3.05, 3.63) is 75.1 Å². The van der Waals surface area contributed by atoms with Crippen molar-refractivity contribution in [2.24, 2.45) is 0 Å². The van der Waals surface area contributed by atoms with Gasteiger partial charge < -0.3 is 9.32 Å². The Labute approximate surface area is 167 Å². The lowest BCUT2D eigenvalue weighted by molar-refractivity contribution is -0.931. The Morgan fingerprint density at radius 1 is 1.21 bits per heavy atom. The van der Waals surface area contributed by atoms with E-state index in [9.17, 15) is 4.79 Å². The topological polar surface area (TPSA) is 47.5 Å². The molecule has 1 N–H and O–H groups in total. The van der Waals surface area contributed by atoms with Crippen LogP contribution in [-0.4, -0.2) is 11.5 Å². The van der Waals surface area contributed by atoms with Crippen LogP contribution in [0.5, 0.6) is 0 Å². The third-order valence-electron chi connectivity index (χ3n) is 5.81. The molecule has 4 aromatic rings. The van der Waals surface area contributed by atoms with Gasteiger partial charge in [0.15, 0.2) is 5.01 Å². The second-order valence-corrected chi connectivity index (χ2v) is 8.64. The Kier molecular flexibility index (Phi) is 4.49. The fraction of sp³-hybridized carbons (Fsp3) is 0.304. The maximum Gasteiger partial charge on any atom is 0.336 e. The van der Waals surface area contributed by atoms with Crippen LogP contribution in [-0.2, 0) is 13.0 Å². The number of rotatable bonds is 4. The summed E-state index contributed by atoms with van der Waals surface area (Å²) in [4.78, 5) is 18.6. The fourth-order valence-corrected chi connectivity index (χ4v) is 5.51. The largest absolute Gasteiger partial charge is 0.423 e. The number of thiazole rings is 1. The van der Waals surface area contributed by atoms with E-state index in [1.165, 1.54) is 26.6 Å². The Hall–Kier alpha value is -2.50. The van der Waals surface area contributed by atoms with E-state index >= 15 is 0 Å². The highest BCUT2D eigenvalue weighted by atomic mass is 32.1. The highest BCUT2D eigenvalue weighted by Crippen LogP contribution is 2.29. The number of benzene rings is 2. The van der Waals surface area contributed by atoms with Gasteiger partial charge >= 0.3 is 5.63 Å². The zero-order chi connectivity index (χ0) is 19.1. The molecular weight excluding hydrogens is 368 g/mol. The van der Waals surface area contributed by atoms with Crippen LogP contribution in [0.15, 0.2) is 57.7 Å². The van der Waals surface area contributed by atoms with Crippen LogP contribution in [0, 0.1) is 0 Å². The summed E-state index contributed by atoms with van der Waals surface area (Å²) in [5.74, 6) is 0. The smallest absolute Gasteiger partial charge is 0.336 e. The molecule has 1 unspecified atom stereocenters. The van der Waals surface area contributed by atoms with Gasteiger partial charge in [-0.2, -0.15) is 0 Å². The number of nitrogens with zero attached hydrogens (tertiary/aromatic N) is 1. The van der Waals surface area contributed by atoms with Gasteiger partial charge in [0.05, 0.1) is 16.8 Å². The normalized spacial score (nSPS) is 19.6. The summed E-state index contributed by atoms with van der Waals surface area (Å²) in [5, 5.41) is 2.27. The standard InChI is InChI=1S/C23H22N2O2S/c1-2-15-9-10-17-16(13-22(26)27-20(17)12-15)14-25-11-5-7-19(25)23-24-18-6-3-4-8-21(18)28-23/h3-4,6,8-10,12-13,19H,2,5,7,11,14H2,1H3/p+1/t19-/m0/s1. The van der Waals surface area contributed by atoms with Crippen molar-refractivity contribution in [3.63, 3.8) is 0 Å². The van der Waals surface area contributed by atoms with Gasteiger partial charge in [-0.15, -0.1) is 11.3 Å². The van der Waals surface area contributed by atoms with Crippen molar-refractivity contribution in [2.75, 3.05) is 6.54 Å². The van der Waals surface area contributed by atoms with Crippen molar-refractivity contribution < 1.29 is 9.32 Å². The van der Waals surface area contributed by atoms with Gasteiger partial charge in [0.25, 0.3) is 0 Å². The van der Waals surface area contributed by atoms with E-state index in [1.54, 1.807) is 6.07 Å². The van der Waals surface area contributed by atoms with Gasteiger partial charge in [0.2, 0.25) is 0 Å². The summed E-state index contributed by atoms with van der Waals surface area (Å²) in [5.41, 5.74) is 3.81. The minimum absolute atomic E-state index is 0.258. The van der Waals surface area contributed by atoms with Gasteiger partial charge in [-0.3, -0.25) is 0 Å². The summed E-state index contributed by atoms with van der Waals surface area (Å²) in [6, 6.07) is 16.7. The number of hydrogen-bond donors (Lipinski definition) is 1. The van der Waals surface area contributed by atoms with E-state index in [2.05, 4.69) is 37.3 Å². The maximum atomic E-state index is 12.2. The van der Waals surface area contributed by atoms with Crippen LogP contribution >= 0.6 is 11.3 Å². The first-order chi connectivity index (χ1) is 13.7. The summed E-state index contributed by atoms with van der Waals surface area (Å²) >= 11 is 1.81. The minimum Gasteiger partial charge on any atom is -0.423 e. The zero-order valence-corrected chi connectivity index (χ0v) is 16.7. The van der Waals surface area contributed by atoms with E-state index in [-0.39, 0.29) is 5.63 Å². The summed E-state index contributed by atoms with van der Waals surface area (Å²) < 4.78 is 6.74. The second-order valence-electron chi connectivity index (χ2n) is 7.57. The number of nitrogens with one attached hydrogen (secondary N) is 1. The number of fused-ring (bicyclic) bond motifs is 2. The van der Waals surface area contributed by atoms with E-state index in [0.29, 0.717) is 11.6 Å². The zero-order valence-electron chi connectivity index (χ0n) is 15.9. The predicted molar refractivity (Wildman–Crippen MR) is 113 cm³/mol. The third-order valence-corrected chi connectivity index (χ3v) is 6.96. The summed E-state index contributed by atoms with van der Waals surface area (Å²) in [6.45, 7) is 4.05. The quantitative estimate of drug-likeness (QED) is 0.537. The van der Waals surface area contributed by atoms with E-state index in [4.69, 9.17) is 9.40 Å². The number of para-hydroxylation sites is 1. The lowest BCUT2D eigenvalue weighted by atomic mass is 10.1. The first kappa shape index (κ1) is 17.6. The van der Waals surface area contributed by atoms with Gasteiger partial charge in [0, 0.05) is 29.9 Å². The Morgan fingerprint density at radius 3 is 2.96 bits per heavy atom.